The Balaban J connectivity index is 2.34. The number of amides is 3. The molecule has 0 spiro atoms. The second-order valence-corrected chi connectivity index (χ2v) is 7.67. The van der Waals surface area contributed by atoms with Crippen LogP contribution in [0.1, 0.15) is 59.3 Å². The maximum atomic E-state index is 13.4. The van der Waals surface area contributed by atoms with Crippen LogP contribution < -0.4 is 16.4 Å². The van der Waals surface area contributed by atoms with Gasteiger partial charge in [-0.2, -0.15) is 0 Å². The van der Waals surface area contributed by atoms with E-state index in [1.54, 1.807) is 25.8 Å². The highest BCUT2D eigenvalue weighted by Gasteiger charge is 2.53. The Morgan fingerprint density at radius 2 is 1.88 bits per heavy atom. The number of carbonyl (C=O) groups is 3. The van der Waals surface area contributed by atoms with Gasteiger partial charge in [0, 0.05) is 5.54 Å². The van der Waals surface area contributed by atoms with Crippen LogP contribution >= 0.6 is 0 Å². The Labute approximate surface area is 143 Å². The maximum Gasteiger partial charge on any atom is 0.249 e. The van der Waals surface area contributed by atoms with Crippen molar-refractivity contribution in [2.24, 2.45) is 5.73 Å². The molecule has 0 radical (unpaired) electrons. The lowest BCUT2D eigenvalue weighted by Crippen LogP contribution is -2.66. The van der Waals surface area contributed by atoms with Crippen molar-refractivity contribution < 1.29 is 14.4 Å². The van der Waals surface area contributed by atoms with E-state index in [1.807, 2.05) is 6.92 Å². The lowest BCUT2D eigenvalue weighted by Gasteiger charge is -2.45. The average molecular weight is 338 g/mol. The highest BCUT2D eigenvalue weighted by molar-refractivity contribution is 5.96. The van der Waals surface area contributed by atoms with Gasteiger partial charge < -0.3 is 21.3 Å². The van der Waals surface area contributed by atoms with Gasteiger partial charge in [-0.1, -0.05) is 12.8 Å². The van der Waals surface area contributed by atoms with E-state index in [1.165, 1.54) is 0 Å². The summed E-state index contributed by atoms with van der Waals surface area (Å²) >= 11 is 0. The lowest BCUT2D eigenvalue weighted by molar-refractivity contribution is -0.151. The van der Waals surface area contributed by atoms with Crippen LogP contribution in [0.15, 0.2) is 0 Å². The standard InChI is InChI=1S/C17H30N4O3/c1-11(19-4)14(23)20-17(3)9-6-5-8-16(2)10-7-12(13(18)22)21(16)15(17)24/h11-12,19H,5-10H2,1-4H3,(H2,18,22)(H,20,23)/t11?,12?,16-,17-/m0/s1. The van der Waals surface area contributed by atoms with E-state index in [9.17, 15) is 14.4 Å². The summed E-state index contributed by atoms with van der Waals surface area (Å²) in [7, 11) is 1.70. The Morgan fingerprint density at radius 3 is 2.46 bits per heavy atom. The van der Waals surface area contributed by atoms with Crippen molar-refractivity contribution in [1.82, 2.24) is 15.5 Å². The number of hydrogen-bond donors (Lipinski definition) is 3. The highest BCUT2D eigenvalue weighted by Crippen LogP contribution is 2.41. The third kappa shape index (κ3) is 3.27. The molecule has 7 heteroatoms. The SMILES string of the molecule is CNC(C)C(=O)N[C@@]1(C)CCCC[C@@]2(C)CCC(C(N)=O)N2C1=O. The fraction of sp³-hybridized carbons (Fsp3) is 0.824. The van der Waals surface area contributed by atoms with E-state index in [0.717, 1.165) is 25.7 Å². The Morgan fingerprint density at radius 1 is 1.25 bits per heavy atom. The number of nitrogens with zero attached hydrogens (tertiary/aromatic N) is 1. The largest absolute Gasteiger partial charge is 0.368 e. The fourth-order valence-corrected chi connectivity index (χ4v) is 3.96. The number of primary amides is 1. The number of rotatable bonds is 4. The van der Waals surface area contributed by atoms with Gasteiger partial charge in [-0.3, -0.25) is 14.4 Å². The molecule has 4 atom stereocenters. The van der Waals surface area contributed by atoms with Crippen LogP contribution in [-0.4, -0.2) is 52.8 Å². The van der Waals surface area contributed by atoms with Gasteiger partial charge in [0.1, 0.15) is 11.6 Å². The number of hydrogen-bond acceptors (Lipinski definition) is 4. The minimum Gasteiger partial charge on any atom is -0.368 e. The summed E-state index contributed by atoms with van der Waals surface area (Å²) in [6, 6.07) is -0.976. The van der Waals surface area contributed by atoms with Gasteiger partial charge in [0.25, 0.3) is 0 Å². The van der Waals surface area contributed by atoms with E-state index in [2.05, 4.69) is 10.6 Å². The van der Waals surface area contributed by atoms with Crippen LogP contribution in [0.4, 0.5) is 0 Å². The van der Waals surface area contributed by atoms with Crippen molar-refractivity contribution in [2.45, 2.75) is 82.5 Å². The van der Waals surface area contributed by atoms with Gasteiger partial charge in [0.15, 0.2) is 0 Å². The third-order valence-electron chi connectivity index (χ3n) is 5.74. The topological polar surface area (TPSA) is 105 Å². The summed E-state index contributed by atoms with van der Waals surface area (Å²) in [6.07, 6.45) is 4.60. The molecule has 7 nitrogen and oxygen atoms in total. The average Bonchev–Trinajstić information content (AvgIpc) is 2.86. The van der Waals surface area contributed by atoms with Gasteiger partial charge in [-0.05, 0) is 53.5 Å². The van der Waals surface area contributed by atoms with Gasteiger partial charge >= 0.3 is 0 Å². The first-order chi connectivity index (χ1) is 11.1. The molecule has 24 heavy (non-hydrogen) atoms. The van der Waals surface area contributed by atoms with E-state index in [4.69, 9.17) is 5.73 Å². The van der Waals surface area contributed by atoms with Crippen LogP contribution in [0.3, 0.4) is 0 Å². The quantitative estimate of drug-likeness (QED) is 0.685. The molecule has 136 valence electrons. The number of carbonyl (C=O) groups excluding carboxylic acids is 3. The summed E-state index contributed by atoms with van der Waals surface area (Å²) in [5.74, 6) is -0.877. The van der Waals surface area contributed by atoms with Crippen molar-refractivity contribution in [3.05, 3.63) is 0 Å². The molecule has 0 bridgehead atoms. The van der Waals surface area contributed by atoms with Gasteiger partial charge in [-0.15, -0.1) is 0 Å². The minimum absolute atomic E-state index is 0.192. The number of nitrogens with two attached hydrogens (primary N) is 1. The summed E-state index contributed by atoms with van der Waals surface area (Å²) in [5, 5.41) is 5.79. The van der Waals surface area contributed by atoms with Crippen molar-refractivity contribution in [3.63, 3.8) is 0 Å². The van der Waals surface area contributed by atoms with E-state index >= 15 is 0 Å². The minimum atomic E-state index is -1.01. The fourth-order valence-electron chi connectivity index (χ4n) is 3.96. The summed E-state index contributed by atoms with van der Waals surface area (Å²) in [5.41, 5.74) is 4.17. The zero-order chi connectivity index (χ0) is 18.1. The normalized spacial score (nSPS) is 34.9. The monoisotopic (exact) mass is 338 g/mol. The number of fused-ring (bicyclic) bond motifs is 1. The van der Waals surface area contributed by atoms with E-state index in [-0.39, 0.29) is 17.4 Å². The molecular formula is C17H30N4O3. The molecule has 0 aromatic carbocycles. The van der Waals surface area contributed by atoms with E-state index in [0.29, 0.717) is 12.8 Å². The van der Waals surface area contributed by atoms with Crippen molar-refractivity contribution in [2.75, 3.05) is 7.05 Å². The smallest absolute Gasteiger partial charge is 0.249 e. The number of nitrogens with one attached hydrogen (secondary N) is 2. The van der Waals surface area contributed by atoms with Gasteiger partial charge in [0.05, 0.1) is 6.04 Å². The molecule has 2 aliphatic rings. The molecule has 2 saturated heterocycles. The van der Waals surface area contributed by atoms with Gasteiger partial charge in [0.2, 0.25) is 17.7 Å². The molecule has 2 aliphatic heterocycles. The van der Waals surface area contributed by atoms with Crippen LogP contribution in [0.2, 0.25) is 0 Å². The molecule has 2 unspecified atom stereocenters. The Bertz CT molecular complexity index is 538. The molecule has 3 amide bonds. The molecule has 2 heterocycles. The summed E-state index contributed by atoms with van der Waals surface area (Å²) in [4.78, 5) is 39.2. The second-order valence-electron chi connectivity index (χ2n) is 7.67. The molecule has 0 aromatic heterocycles. The molecule has 0 aromatic rings. The molecule has 2 rings (SSSR count). The third-order valence-corrected chi connectivity index (χ3v) is 5.74. The predicted molar refractivity (Wildman–Crippen MR) is 91.0 cm³/mol. The van der Waals surface area contributed by atoms with Crippen molar-refractivity contribution in [1.29, 1.82) is 0 Å². The molecular weight excluding hydrogens is 308 g/mol. The van der Waals surface area contributed by atoms with Crippen LogP contribution in [-0.2, 0) is 14.4 Å². The molecule has 4 N–H and O–H groups in total. The van der Waals surface area contributed by atoms with Crippen LogP contribution in [0.5, 0.6) is 0 Å². The zero-order valence-electron chi connectivity index (χ0n) is 15.1. The molecule has 2 fully saturated rings. The zero-order valence-corrected chi connectivity index (χ0v) is 15.1. The maximum absolute atomic E-state index is 13.4. The highest BCUT2D eigenvalue weighted by atomic mass is 16.2. The molecule has 0 aliphatic carbocycles. The van der Waals surface area contributed by atoms with Crippen molar-refractivity contribution >= 4 is 17.7 Å². The Hall–Kier alpha value is -1.63. The second kappa shape index (κ2) is 6.70. The predicted octanol–water partition coefficient (Wildman–Crippen LogP) is 0.278. The first-order valence-electron chi connectivity index (χ1n) is 8.77. The lowest BCUT2D eigenvalue weighted by atomic mass is 9.83. The summed E-state index contributed by atoms with van der Waals surface area (Å²) < 4.78 is 0. The summed E-state index contributed by atoms with van der Waals surface area (Å²) in [6.45, 7) is 5.54. The Kier molecular flexibility index (Phi) is 5.22. The van der Waals surface area contributed by atoms with E-state index < -0.39 is 23.5 Å². The first-order valence-corrected chi connectivity index (χ1v) is 8.77. The van der Waals surface area contributed by atoms with Gasteiger partial charge in [-0.25, -0.2) is 0 Å². The van der Waals surface area contributed by atoms with Crippen LogP contribution in [0.25, 0.3) is 0 Å². The molecule has 0 saturated carbocycles. The van der Waals surface area contributed by atoms with Crippen LogP contribution in [0, 0.1) is 0 Å². The number of likely N-dealkylation sites (N-methyl/N-ethyl adjacent to an activating group) is 1. The first kappa shape index (κ1) is 18.7. The van der Waals surface area contributed by atoms with Crippen molar-refractivity contribution in [3.8, 4) is 0 Å².